The van der Waals surface area contributed by atoms with Crippen LogP contribution in [0.25, 0.3) is 0 Å². The normalized spacial score (nSPS) is 14.8. The van der Waals surface area contributed by atoms with E-state index in [0.717, 1.165) is 12.8 Å². The molecule has 0 aromatic heterocycles. The van der Waals surface area contributed by atoms with Crippen LogP contribution in [0.3, 0.4) is 0 Å². The zero-order valence-electron chi connectivity index (χ0n) is 9.73. The third-order valence-electron chi connectivity index (χ3n) is 2.76. The number of allylic oxidation sites excluding steroid dienone is 1. The molecule has 0 fully saturated rings. The van der Waals surface area contributed by atoms with Gasteiger partial charge < -0.3 is 15.2 Å². The van der Waals surface area contributed by atoms with Gasteiger partial charge in [0, 0.05) is 11.1 Å². The number of para-hydroxylation sites is 1. The highest BCUT2D eigenvalue weighted by Gasteiger charge is 2.19. The summed E-state index contributed by atoms with van der Waals surface area (Å²) in [5, 5.41) is 0. The van der Waals surface area contributed by atoms with Gasteiger partial charge in [0.1, 0.15) is 5.75 Å². The smallest absolute Gasteiger partial charge is 0.194 e. The molecular formula is C13H15NO3. The van der Waals surface area contributed by atoms with Gasteiger partial charge in [0.15, 0.2) is 5.78 Å². The molecular weight excluding hydrogens is 218 g/mol. The van der Waals surface area contributed by atoms with E-state index in [-0.39, 0.29) is 5.78 Å². The fourth-order valence-corrected chi connectivity index (χ4v) is 1.82. The number of hydrogen-bond acceptors (Lipinski definition) is 4. The first-order valence-electron chi connectivity index (χ1n) is 5.52. The third-order valence-corrected chi connectivity index (χ3v) is 2.76. The number of methoxy groups -OCH3 is 1. The van der Waals surface area contributed by atoms with Crippen molar-refractivity contribution < 1.29 is 14.3 Å². The number of carbonyl (C=O) groups is 1. The van der Waals surface area contributed by atoms with Gasteiger partial charge in [-0.1, -0.05) is 6.07 Å². The van der Waals surface area contributed by atoms with E-state index >= 15 is 0 Å². The van der Waals surface area contributed by atoms with Gasteiger partial charge in [-0.25, -0.2) is 0 Å². The summed E-state index contributed by atoms with van der Waals surface area (Å²) < 4.78 is 10.3. The highest BCUT2D eigenvalue weighted by Crippen LogP contribution is 2.28. The summed E-state index contributed by atoms with van der Waals surface area (Å²) in [4.78, 5) is 12.2. The summed E-state index contributed by atoms with van der Waals surface area (Å²) >= 11 is 0. The fraction of sp³-hybridized carbons (Fsp3) is 0.308. The first-order valence-corrected chi connectivity index (χ1v) is 5.52. The maximum Gasteiger partial charge on any atom is 0.194 e. The lowest BCUT2D eigenvalue weighted by Gasteiger charge is -2.14. The van der Waals surface area contributed by atoms with Crippen molar-refractivity contribution in [2.45, 2.75) is 12.8 Å². The Kier molecular flexibility index (Phi) is 3.32. The molecule has 1 heterocycles. The molecule has 0 unspecified atom stereocenters. The van der Waals surface area contributed by atoms with E-state index in [9.17, 15) is 4.79 Å². The molecule has 4 heteroatoms. The predicted molar refractivity (Wildman–Crippen MR) is 65.0 cm³/mol. The monoisotopic (exact) mass is 233 g/mol. The molecule has 0 atom stereocenters. The maximum atomic E-state index is 12.2. The summed E-state index contributed by atoms with van der Waals surface area (Å²) in [7, 11) is 1.53. The van der Waals surface area contributed by atoms with Gasteiger partial charge in [0.2, 0.25) is 0 Å². The lowest BCUT2D eigenvalue weighted by molar-refractivity contribution is 0.101. The summed E-state index contributed by atoms with van der Waals surface area (Å²) in [6.07, 6.45) is 3.13. The Morgan fingerprint density at radius 1 is 1.47 bits per heavy atom. The Labute approximate surface area is 100 Å². The number of anilines is 1. The highest BCUT2D eigenvalue weighted by atomic mass is 16.5. The second-order valence-corrected chi connectivity index (χ2v) is 3.87. The van der Waals surface area contributed by atoms with E-state index in [0.29, 0.717) is 29.2 Å². The van der Waals surface area contributed by atoms with Crippen molar-refractivity contribution >= 4 is 11.5 Å². The molecule has 0 bridgehead atoms. The van der Waals surface area contributed by atoms with E-state index in [1.54, 1.807) is 18.2 Å². The van der Waals surface area contributed by atoms with Crippen LogP contribution in [0.1, 0.15) is 23.2 Å². The molecule has 2 rings (SSSR count). The van der Waals surface area contributed by atoms with Crippen LogP contribution in [0.5, 0.6) is 5.75 Å². The lowest BCUT2D eigenvalue weighted by atomic mass is 9.98. The second-order valence-electron chi connectivity index (χ2n) is 3.87. The van der Waals surface area contributed by atoms with Crippen molar-refractivity contribution in [2.24, 2.45) is 0 Å². The number of ketones is 1. The molecule has 1 aromatic carbocycles. The van der Waals surface area contributed by atoms with Crippen LogP contribution in [0, 0.1) is 0 Å². The van der Waals surface area contributed by atoms with Crippen molar-refractivity contribution in [1.29, 1.82) is 0 Å². The Morgan fingerprint density at radius 3 is 2.94 bits per heavy atom. The summed E-state index contributed by atoms with van der Waals surface area (Å²) in [5.74, 6) is 0.439. The van der Waals surface area contributed by atoms with Crippen molar-refractivity contribution in [3.05, 3.63) is 35.6 Å². The van der Waals surface area contributed by atoms with E-state index < -0.39 is 0 Å². The molecule has 90 valence electrons. The van der Waals surface area contributed by atoms with Crippen LogP contribution in [0.4, 0.5) is 5.69 Å². The predicted octanol–water partition coefficient (Wildman–Crippen LogP) is 2.15. The Morgan fingerprint density at radius 2 is 2.29 bits per heavy atom. The van der Waals surface area contributed by atoms with Crippen LogP contribution >= 0.6 is 0 Å². The van der Waals surface area contributed by atoms with Crippen LogP contribution in [-0.2, 0) is 4.74 Å². The quantitative estimate of drug-likeness (QED) is 0.642. The maximum absolute atomic E-state index is 12.2. The Hall–Kier alpha value is -1.97. The second kappa shape index (κ2) is 4.91. The van der Waals surface area contributed by atoms with Crippen molar-refractivity contribution in [2.75, 3.05) is 19.5 Å². The zero-order valence-corrected chi connectivity index (χ0v) is 9.73. The molecule has 0 spiro atoms. The van der Waals surface area contributed by atoms with Gasteiger partial charge >= 0.3 is 0 Å². The topological polar surface area (TPSA) is 61.5 Å². The number of ether oxygens (including phenoxy) is 2. The molecule has 17 heavy (non-hydrogen) atoms. The van der Waals surface area contributed by atoms with E-state index in [1.165, 1.54) is 13.4 Å². The summed E-state index contributed by atoms with van der Waals surface area (Å²) in [6.45, 7) is 0.671. The molecule has 0 amide bonds. The Balaban J connectivity index is 2.33. The molecule has 0 saturated heterocycles. The minimum atomic E-state index is -0.0823. The first kappa shape index (κ1) is 11.5. The van der Waals surface area contributed by atoms with Crippen LogP contribution < -0.4 is 10.5 Å². The number of hydrogen-bond donors (Lipinski definition) is 1. The van der Waals surface area contributed by atoms with Crippen LogP contribution in [0.2, 0.25) is 0 Å². The minimum absolute atomic E-state index is 0.0823. The lowest BCUT2D eigenvalue weighted by Crippen LogP contribution is -2.11. The molecule has 1 aliphatic heterocycles. The number of Topliss-reactive ketones (excluding diaryl/α,β-unsaturated/α-hetero) is 1. The van der Waals surface area contributed by atoms with Gasteiger partial charge in [-0.3, -0.25) is 4.79 Å². The van der Waals surface area contributed by atoms with Crippen molar-refractivity contribution in [1.82, 2.24) is 0 Å². The largest absolute Gasteiger partial charge is 0.501 e. The highest BCUT2D eigenvalue weighted by molar-refractivity contribution is 6.12. The average Bonchev–Trinajstić information content (AvgIpc) is 2.39. The molecule has 4 nitrogen and oxygen atoms in total. The standard InChI is InChI=1S/C13H15NO3/c1-16-11-6-2-5-10(12(11)14)13(15)9-4-3-7-17-8-9/h2,5-6,8H,3-4,7,14H2,1H3. The van der Waals surface area contributed by atoms with E-state index in [1.807, 2.05) is 0 Å². The molecule has 1 aromatic rings. The number of rotatable bonds is 3. The molecule has 0 aliphatic carbocycles. The third kappa shape index (κ3) is 2.25. The van der Waals surface area contributed by atoms with Gasteiger partial charge in [-0.05, 0) is 25.0 Å². The molecule has 0 radical (unpaired) electrons. The van der Waals surface area contributed by atoms with Gasteiger partial charge in [0.05, 0.1) is 25.7 Å². The number of nitrogens with two attached hydrogens (primary N) is 1. The SMILES string of the molecule is COc1cccc(C(=O)C2=COCCC2)c1N. The Bertz CT molecular complexity index is 466. The van der Waals surface area contributed by atoms with Crippen molar-refractivity contribution in [3.8, 4) is 5.75 Å². The minimum Gasteiger partial charge on any atom is -0.501 e. The average molecular weight is 233 g/mol. The van der Waals surface area contributed by atoms with Crippen molar-refractivity contribution in [3.63, 3.8) is 0 Å². The van der Waals surface area contributed by atoms with Gasteiger partial charge in [0.25, 0.3) is 0 Å². The van der Waals surface area contributed by atoms with E-state index in [2.05, 4.69) is 0 Å². The molecule has 1 aliphatic rings. The number of carbonyl (C=O) groups excluding carboxylic acids is 1. The molecule has 0 saturated carbocycles. The molecule has 2 N–H and O–H groups in total. The van der Waals surface area contributed by atoms with Gasteiger partial charge in [-0.2, -0.15) is 0 Å². The number of nitrogen functional groups attached to an aromatic ring is 1. The fourth-order valence-electron chi connectivity index (χ4n) is 1.82. The first-order chi connectivity index (χ1) is 8.24. The van der Waals surface area contributed by atoms with Gasteiger partial charge in [-0.15, -0.1) is 0 Å². The van der Waals surface area contributed by atoms with Crippen LogP contribution in [0.15, 0.2) is 30.0 Å². The summed E-state index contributed by atoms with van der Waals surface area (Å²) in [6, 6.07) is 5.19. The van der Waals surface area contributed by atoms with Crippen LogP contribution in [-0.4, -0.2) is 19.5 Å². The summed E-state index contributed by atoms with van der Waals surface area (Å²) in [5.41, 5.74) is 7.40. The zero-order chi connectivity index (χ0) is 12.3. The number of benzene rings is 1. The van der Waals surface area contributed by atoms with E-state index in [4.69, 9.17) is 15.2 Å².